The monoisotopic (exact) mass is 619 g/mol. The quantitative estimate of drug-likeness (QED) is 0.182. The van der Waals surface area contributed by atoms with Gasteiger partial charge >= 0.3 is 17.9 Å². The van der Waals surface area contributed by atoms with E-state index in [1.807, 2.05) is 34.6 Å². The third-order valence-corrected chi connectivity index (χ3v) is 8.95. The molecule has 260 valence electrons. The predicted molar refractivity (Wildman–Crippen MR) is 181 cm³/mol. The number of esters is 3. The van der Waals surface area contributed by atoms with E-state index in [0.29, 0.717) is 24.2 Å². The van der Waals surface area contributed by atoms with Crippen LogP contribution in [0.25, 0.3) is 0 Å². The Kier molecular flexibility index (Phi) is 19.3. The third kappa shape index (κ3) is 11.3. The lowest BCUT2D eigenvalue weighted by Gasteiger charge is -2.56. The van der Waals surface area contributed by atoms with E-state index in [9.17, 15) is 14.4 Å². The Morgan fingerprint density at radius 3 is 1.51 bits per heavy atom. The molecule has 0 aromatic rings. The van der Waals surface area contributed by atoms with Crippen molar-refractivity contribution in [3.63, 3.8) is 0 Å². The molecule has 0 aromatic heterocycles. The number of hydrogen-bond donors (Lipinski definition) is 1. The number of carbonyl (C=O) groups is 3. The zero-order valence-corrected chi connectivity index (χ0v) is 24.4. The van der Waals surface area contributed by atoms with Gasteiger partial charge in [-0.25, -0.2) is 0 Å². The van der Waals surface area contributed by atoms with Crippen molar-refractivity contribution in [2.24, 2.45) is 34.0 Å². The van der Waals surface area contributed by atoms with E-state index in [0.717, 1.165) is 19.3 Å². The highest BCUT2D eigenvalue weighted by Crippen LogP contribution is 2.58. The van der Waals surface area contributed by atoms with Crippen molar-refractivity contribution in [2.75, 3.05) is 13.2 Å². The maximum atomic E-state index is 13.9. The highest BCUT2D eigenvalue weighted by Gasteiger charge is 2.56. The zero-order valence-electron chi connectivity index (χ0n) is 24.4. The second-order valence-corrected chi connectivity index (χ2v) is 14.6. The summed E-state index contributed by atoms with van der Waals surface area (Å²) in [6.45, 7) is 14.1. The van der Waals surface area contributed by atoms with E-state index >= 15 is 0 Å². The Morgan fingerprint density at radius 2 is 1.14 bits per heavy atom. The number of rotatable bonds is 11. The number of aliphatic hydroxyl groups excluding tert-OH is 1. The van der Waals surface area contributed by atoms with Gasteiger partial charge in [0.2, 0.25) is 0 Å². The summed E-state index contributed by atoms with van der Waals surface area (Å²) in [7, 11) is 0. The van der Waals surface area contributed by atoms with Gasteiger partial charge in [0.15, 0.2) is 0 Å². The zero-order chi connectivity index (χ0) is 27.9. The Bertz CT molecular complexity index is 836. The molecular formula is C36H74O7. The van der Waals surface area contributed by atoms with Crippen LogP contribution in [0.3, 0.4) is 0 Å². The normalized spacial score (nSPS) is 26.0. The Morgan fingerprint density at radius 1 is 0.698 bits per heavy atom. The van der Waals surface area contributed by atoms with Crippen molar-refractivity contribution < 1.29 is 33.7 Å². The molecule has 0 saturated heterocycles. The minimum atomic E-state index is -1.14. The highest BCUT2D eigenvalue weighted by molar-refractivity contribution is 5.83. The van der Waals surface area contributed by atoms with Gasteiger partial charge in [0, 0.05) is 0 Å². The van der Waals surface area contributed by atoms with Crippen LogP contribution in [0.1, 0.15) is 158 Å². The molecule has 0 aliphatic heterocycles. The van der Waals surface area contributed by atoms with Crippen molar-refractivity contribution in [3.8, 4) is 0 Å². The molecule has 0 radical (unpaired) electrons. The van der Waals surface area contributed by atoms with Gasteiger partial charge in [0.1, 0.15) is 17.8 Å². The maximum Gasteiger partial charge on any atom is 0.312 e. The van der Waals surface area contributed by atoms with E-state index in [1.165, 1.54) is 19.3 Å². The molecule has 4 saturated carbocycles. The van der Waals surface area contributed by atoms with E-state index in [1.54, 1.807) is 20.8 Å². The summed E-state index contributed by atoms with van der Waals surface area (Å²) in [6, 6.07) is 0. The van der Waals surface area contributed by atoms with Crippen LogP contribution in [-0.4, -0.2) is 47.4 Å². The molecule has 4 rings (SSSR count). The lowest BCUT2D eigenvalue weighted by molar-refractivity contribution is -0.200. The van der Waals surface area contributed by atoms with Crippen LogP contribution in [0, 0.1) is 34.0 Å². The summed E-state index contributed by atoms with van der Waals surface area (Å²) in [5.74, 6) is 0.794. The summed E-state index contributed by atoms with van der Waals surface area (Å²) >= 11 is 0. The first kappa shape index (κ1) is 48.3. The SMILES string of the molecule is C.C.C.C.C.C.CCC(C)(CC(C)(CC(C)(C)C(=O)OCCO)C(=O)OC(C)(C)C)C(=O)OC12CC3CC(CC(C3)C1)C2. The number of carbonyl (C=O) groups excluding carboxylic acids is 3. The average molecular weight is 619 g/mol. The summed E-state index contributed by atoms with van der Waals surface area (Å²) < 4.78 is 17.5. The molecule has 4 aliphatic carbocycles. The summed E-state index contributed by atoms with van der Waals surface area (Å²) in [5, 5.41) is 9.09. The van der Waals surface area contributed by atoms with Gasteiger partial charge in [-0.3, -0.25) is 14.4 Å². The van der Waals surface area contributed by atoms with Gasteiger partial charge in [0.05, 0.1) is 22.9 Å². The van der Waals surface area contributed by atoms with Crippen molar-refractivity contribution in [1.82, 2.24) is 0 Å². The van der Waals surface area contributed by atoms with Gasteiger partial charge < -0.3 is 19.3 Å². The molecule has 43 heavy (non-hydrogen) atoms. The van der Waals surface area contributed by atoms with E-state index in [2.05, 4.69) is 0 Å². The lowest BCUT2D eigenvalue weighted by atomic mass is 9.54. The molecule has 0 aromatic carbocycles. The van der Waals surface area contributed by atoms with Gasteiger partial charge in [-0.1, -0.05) is 51.5 Å². The topological polar surface area (TPSA) is 99.1 Å². The standard InChI is InChI=1S/C30H50O7.6CH4/c1-9-28(7,24(33)37-30-15-20-12-21(16-30)14-22(13-20)17-30)19-29(8,25(34)36-26(2,3)4)18-27(5,6)23(32)35-11-10-31;;;;;;/h20-22,31H,9-19H2,1-8H3;6*1H4. The molecule has 2 unspecified atom stereocenters. The molecule has 7 heteroatoms. The molecule has 0 heterocycles. The van der Waals surface area contributed by atoms with Gasteiger partial charge in [-0.05, 0) is 124 Å². The van der Waals surface area contributed by atoms with E-state index < -0.39 is 33.8 Å². The lowest BCUT2D eigenvalue weighted by Crippen LogP contribution is -2.54. The molecule has 0 spiro atoms. The Balaban J connectivity index is -0.00000127. The first-order valence-electron chi connectivity index (χ1n) is 14.2. The van der Waals surface area contributed by atoms with E-state index in [-0.39, 0.29) is 82.2 Å². The molecule has 4 fully saturated rings. The van der Waals surface area contributed by atoms with Gasteiger partial charge in [-0.2, -0.15) is 0 Å². The second-order valence-electron chi connectivity index (χ2n) is 14.6. The fourth-order valence-electron chi connectivity index (χ4n) is 7.67. The fourth-order valence-corrected chi connectivity index (χ4v) is 7.67. The van der Waals surface area contributed by atoms with Crippen molar-refractivity contribution in [2.45, 2.75) is 169 Å². The maximum absolute atomic E-state index is 13.9. The number of ether oxygens (including phenoxy) is 3. The van der Waals surface area contributed by atoms with Crippen LogP contribution >= 0.6 is 0 Å². The Hall–Kier alpha value is -1.63. The first-order valence-corrected chi connectivity index (χ1v) is 14.2. The molecule has 1 N–H and O–H groups in total. The molecule has 4 bridgehead atoms. The van der Waals surface area contributed by atoms with Crippen LogP contribution in [0.15, 0.2) is 0 Å². The van der Waals surface area contributed by atoms with Crippen LogP contribution in [0.4, 0.5) is 0 Å². The van der Waals surface area contributed by atoms with E-state index in [4.69, 9.17) is 19.3 Å². The van der Waals surface area contributed by atoms with Crippen LogP contribution in [0.5, 0.6) is 0 Å². The predicted octanol–water partition coefficient (Wildman–Crippen LogP) is 9.42. The number of hydrogen-bond acceptors (Lipinski definition) is 7. The van der Waals surface area contributed by atoms with Crippen LogP contribution in [0.2, 0.25) is 0 Å². The Labute approximate surface area is 267 Å². The first-order chi connectivity index (χ1) is 16.9. The molecular weight excluding hydrogens is 544 g/mol. The average Bonchev–Trinajstić information content (AvgIpc) is 2.74. The summed E-state index contributed by atoms with van der Waals surface area (Å²) in [4.78, 5) is 40.4. The van der Waals surface area contributed by atoms with Crippen molar-refractivity contribution >= 4 is 17.9 Å². The third-order valence-electron chi connectivity index (χ3n) is 8.95. The van der Waals surface area contributed by atoms with Crippen LogP contribution < -0.4 is 0 Å². The smallest absolute Gasteiger partial charge is 0.312 e. The summed E-state index contributed by atoms with van der Waals surface area (Å²) in [6.07, 6.45) is 7.51. The largest absolute Gasteiger partial charge is 0.463 e. The van der Waals surface area contributed by atoms with Gasteiger partial charge in [-0.15, -0.1) is 0 Å². The summed E-state index contributed by atoms with van der Waals surface area (Å²) in [5.41, 5.74) is -4.17. The number of aliphatic hydroxyl groups is 1. The van der Waals surface area contributed by atoms with Crippen molar-refractivity contribution in [3.05, 3.63) is 0 Å². The molecule has 0 amide bonds. The molecule has 2 atom stereocenters. The second kappa shape index (κ2) is 17.2. The van der Waals surface area contributed by atoms with Crippen molar-refractivity contribution in [1.29, 1.82) is 0 Å². The van der Waals surface area contributed by atoms with Gasteiger partial charge in [0.25, 0.3) is 0 Å². The fraction of sp³-hybridized carbons (Fsp3) is 0.917. The highest BCUT2D eigenvalue weighted by atomic mass is 16.6. The minimum absolute atomic E-state index is 0. The minimum Gasteiger partial charge on any atom is -0.463 e. The van der Waals surface area contributed by atoms with Crippen LogP contribution in [-0.2, 0) is 28.6 Å². The molecule has 7 nitrogen and oxygen atoms in total. The molecule has 4 aliphatic rings.